The average Bonchev–Trinajstić information content (AvgIpc) is 2.53. The van der Waals surface area contributed by atoms with E-state index in [0.717, 1.165) is 35.1 Å². The monoisotopic (exact) mass is 288 g/mol. The molecular formula is C20H16O2. The second kappa shape index (κ2) is 4.92. The summed E-state index contributed by atoms with van der Waals surface area (Å²) in [6, 6.07) is 19.6. The topological polar surface area (TPSA) is 40.5 Å². The van der Waals surface area contributed by atoms with Crippen molar-refractivity contribution in [1.82, 2.24) is 0 Å². The third kappa shape index (κ3) is 2.13. The fourth-order valence-corrected chi connectivity index (χ4v) is 3.24. The van der Waals surface area contributed by atoms with Crippen molar-refractivity contribution in [2.45, 2.75) is 12.8 Å². The molecular weight excluding hydrogens is 272 g/mol. The van der Waals surface area contributed by atoms with E-state index in [1.807, 2.05) is 24.3 Å². The Kier molecular flexibility index (Phi) is 2.90. The van der Waals surface area contributed by atoms with Crippen LogP contribution in [0.1, 0.15) is 11.1 Å². The van der Waals surface area contributed by atoms with Gasteiger partial charge in [-0.3, -0.25) is 0 Å². The van der Waals surface area contributed by atoms with E-state index in [1.165, 1.54) is 11.1 Å². The Balaban J connectivity index is 1.96. The standard InChI is InChI=1S/C20H16O2/c21-17-7-9-19-13-1-2-14(4-3-13)20-10-8-18(22)12-16(20)6-5-15(19)11-17/h1-4,7-12,21-22H,5-6H2. The molecule has 0 atom stereocenters. The van der Waals surface area contributed by atoms with Crippen LogP contribution < -0.4 is 0 Å². The summed E-state index contributed by atoms with van der Waals surface area (Å²) in [4.78, 5) is 0. The fraction of sp³-hybridized carbons (Fsp3) is 0.100. The minimum Gasteiger partial charge on any atom is -0.508 e. The number of fused-ring (bicyclic) bond motifs is 3. The van der Waals surface area contributed by atoms with Gasteiger partial charge in [-0.1, -0.05) is 36.4 Å². The molecule has 108 valence electrons. The maximum Gasteiger partial charge on any atom is 0.115 e. The molecule has 2 heteroatoms. The lowest BCUT2D eigenvalue weighted by atomic mass is 9.88. The van der Waals surface area contributed by atoms with E-state index < -0.39 is 0 Å². The van der Waals surface area contributed by atoms with Gasteiger partial charge in [0.2, 0.25) is 0 Å². The lowest BCUT2D eigenvalue weighted by Gasteiger charge is -2.17. The molecule has 0 aromatic heterocycles. The molecule has 0 spiro atoms. The Labute approximate surface area is 129 Å². The molecule has 2 aliphatic rings. The summed E-state index contributed by atoms with van der Waals surface area (Å²) >= 11 is 0. The number of aryl methyl sites for hydroxylation is 2. The zero-order valence-corrected chi connectivity index (χ0v) is 12.1. The van der Waals surface area contributed by atoms with Crippen LogP contribution in [0.2, 0.25) is 0 Å². The summed E-state index contributed by atoms with van der Waals surface area (Å²) in [7, 11) is 0. The van der Waals surface area contributed by atoms with Gasteiger partial charge < -0.3 is 10.2 Å². The number of hydrogen-bond acceptors (Lipinski definition) is 2. The first-order valence-electron chi connectivity index (χ1n) is 7.45. The zero-order chi connectivity index (χ0) is 15.1. The average molecular weight is 288 g/mol. The van der Waals surface area contributed by atoms with Crippen LogP contribution >= 0.6 is 0 Å². The molecule has 0 amide bonds. The van der Waals surface area contributed by atoms with Crippen LogP contribution in [0.15, 0.2) is 60.7 Å². The summed E-state index contributed by atoms with van der Waals surface area (Å²) in [5.41, 5.74) is 6.91. The molecule has 2 nitrogen and oxygen atoms in total. The number of phenolic OH excluding ortho intramolecular Hbond substituents is 2. The summed E-state index contributed by atoms with van der Waals surface area (Å²) in [6.07, 6.45) is 1.66. The Hall–Kier alpha value is -2.74. The van der Waals surface area contributed by atoms with Crippen molar-refractivity contribution in [3.05, 3.63) is 71.8 Å². The molecule has 0 fully saturated rings. The SMILES string of the molecule is Oc1ccc2c(c1)CCc1cc(O)ccc1-c1ccc-2cc1. The second-order valence-electron chi connectivity index (χ2n) is 5.76. The first-order chi connectivity index (χ1) is 10.7. The molecule has 2 N–H and O–H groups in total. The van der Waals surface area contributed by atoms with Gasteiger partial charge in [0.25, 0.3) is 0 Å². The van der Waals surface area contributed by atoms with Gasteiger partial charge in [-0.25, -0.2) is 0 Å². The molecule has 22 heavy (non-hydrogen) atoms. The number of aromatic hydroxyl groups is 2. The van der Waals surface area contributed by atoms with Crippen molar-refractivity contribution >= 4 is 0 Å². The molecule has 0 radical (unpaired) electrons. The van der Waals surface area contributed by atoms with Crippen molar-refractivity contribution in [1.29, 1.82) is 0 Å². The van der Waals surface area contributed by atoms with E-state index in [-0.39, 0.29) is 0 Å². The van der Waals surface area contributed by atoms with Crippen LogP contribution in [0.4, 0.5) is 0 Å². The van der Waals surface area contributed by atoms with E-state index in [1.54, 1.807) is 12.1 Å². The first-order valence-corrected chi connectivity index (χ1v) is 7.45. The minimum absolute atomic E-state index is 0.295. The summed E-state index contributed by atoms with van der Waals surface area (Å²) in [6.45, 7) is 0. The molecule has 5 rings (SSSR count). The molecule has 0 aliphatic heterocycles. The van der Waals surface area contributed by atoms with Gasteiger partial charge in [-0.15, -0.1) is 0 Å². The molecule has 0 saturated heterocycles. The van der Waals surface area contributed by atoms with E-state index in [2.05, 4.69) is 24.3 Å². The van der Waals surface area contributed by atoms with Crippen molar-refractivity contribution in [3.63, 3.8) is 0 Å². The highest BCUT2D eigenvalue weighted by Gasteiger charge is 2.13. The van der Waals surface area contributed by atoms with Gasteiger partial charge in [0.15, 0.2) is 0 Å². The van der Waals surface area contributed by atoms with Crippen LogP contribution in [-0.4, -0.2) is 10.2 Å². The maximum absolute atomic E-state index is 9.80. The Morgan fingerprint density at radius 2 is 0.955 bits per heavy atom. The quantitative estimate of drug-likeness (QED) is 0.638. The molecule has 2 bridgehead atoms. The fourth-order valence-electron chi connectivity index (χ4n) is 3.24. The summed E-state index contributed by atoms with van der Waals surface area (Å²) in [5.74, 6) is 0.590. The highest BCUT2D eigenvalue weighted by molar-refractivity contribution is 5.75. The summed E-state index contributed by atoms with van der Waals surface area (Å²) < 4.78 is 0. The molecule has 3 aromatic carbocycles. The Bertz CT molecular complexity index is 776. The third-order valence-electron chi connectivity index (χ3n) is 4.35. The highest BCUT2D eigenvalue weighted by atomic mass is 16.3. The van der Waals surface area contributed by atoms with E-state index in [0.29, 0.717) is 11.5 Å². The molecule has 0 saturated carbocycles. The summed E-state index contributed by atoms with van der Waals surface area (Å²) in [5, 5.41) is 19.6. The molecule has 3 aromatic rings. The molecule has 2 aliphatic carbocycles. The third-order valence-corrected chi connectivity index (χ3v) is 4.35. The molecule has 0 unspecified atom stereocenters. The minimum atomic E-state index is 0.295. The van der Waals surface area contributed by atoms with Crippen LogP contribution in [0.5, 0.6) is 11.5 Å². The normalized spacial score (nSPS) is 12.5. The maximum atomic E-state index is 9.80. The van der Waals surface area contributed by atoms with Crippen LogP contribution in [0.25, 0.3) is 22.3 Å². The largest absolute Gasteiger partial charge is 0.508 e. The van der Waals surface area contributed by atoms with E-state index in [9.17, 15) is 10.2 Å². The van der Waals surface area contributed by atoms with Gasteiger partial charge in [0.1, 0.15) is 11.5 Å². The number of benzene rings is 3. The van der Waals surface area contributed by atoms with Crippen molar-refractivity contribution in [2.24, 2.45) is 0 Å². The van der Waals surface area contributed by atoms with Gasteiger partial charge in [-0.05, 0) is 70.5 Å². The zero-order valence-electron chi connectivity index (χ0n) is 12.1. The smallest absolute Gasteiger partial charge is 0.115 e. The van der Waals surface area contributed by atoms with E-state index in [4.69, 9.17) is 0 Å². The predicted molar refractivity (Wildman–Crippen MR) is 88.1 cm³/mol. The van der Waals surface area contributed by atoms with E-state index >= 15 is 0 Å². The number of hydrogen-bond donors (Lipinski definition) is 2. The van der Waals surface area contributed by atoms with Crippen LogP contribution in [-0.2, 0) is 12.8 Å². The van der Waals surface area contributed by atoms with Gasteiger partial charge in [0.05, 0.1) is 0 Å². The Morgan fingerprint density at radius 1 is 0.545 bits per heavy atom. The lowest BCUT2D eigenvalue weighted by molar-refractivity contribution is 0.473. The van der Waals surface area contributed by atoms with Crippen molar-refractivity contribution in [3.8, 4) is 33.8 Å². The van der Waals surface area contributed by atoms with Gasteiger partial charge in [-0.2, -0.15) is 0 Å². The number of phenols is 2. The van der Waals surface area contributed by atoms with Gasteiger partial charge >= 0.3 is 0 Å². The molecule has 0 heterocycles. The van der Waals surface area contributed by atoms with Gasteiger partial charge in [0, 0.05) is 0 Å². The van der Waals surface area contributed by atoms with Crippen molar-refractivity contribution < 1.29 is 10.2 Å². The predicted octanol–water partition coefficient (Wildman–Crippen LogP) is 4.53. The number of rotatable bonds is 0. The Morgan fingerprint density at radius 3 is 1.36 bits per heavy atom. The first kappa shape index (κ1) is 13.0. The van der Waals surface area contributed by atoms with Crippen LogP contribution in [0, 0.1) is 0 Å². The second-order valence-corrected chi connectivity index (χ2v) is 5.76. The highest BCUT2D eigenvalue weighted by Crippen LogP contribution is 2.34. The van der Waals surface area contributed by atoms with Crippen LogP contribution in [0.3, 0.4) is 0 Å². The van der Waals surface area contributed by atoms with Crippen molar-refractivity contribution in [2.75, 3.05) is 0 Å². The lowest BCUT2D eigenvalue weighted by Crippen LogP contribution is -1.99.